The minimum Gasteiger partial charge on any atom is -0.381 e. The van der Waals surface area contributed by atoms with Crippen molar-refractivity contribution in [2.24, 2.45) is 11.7 Å². The van der Waals surface area contributed by atoms with E-state index >= 15 is 0 Å². The van der Waals surface area contributed by atoms with Gasteiger partial charge < -0.3 is 15.4 Å². The Morgan fingerprint density at radius 3 is 3.00 bits per heavy atom. The summed E-state index contributed by atoms with van der Waals surface area (Å²) >= 11 is 3.49. The van der Waals surface area contributed by atoms with Crippen molar-refractivity contribution in [3.8, 4) is 0 Å². The van der Waals surface area contributed by atoms with Gasteiger partial charge in [0.2, 0.25) is 0 Å². The molecule has 0 radical (unpaired) electrons. The Hall–Kier alpha value is -0.580. The molecule has 1 aromatic carbocycles. The highest BCUT2D eigenvalue weighted by atomic mass is 79.9. The lowest BCUT2D eigenvalue weighted by atomic mass is 10.0. The maximum Gasteiger partial charge on any atom is 0.0511 e. The van der Waals surface area contributed by atoms with Gasteiger partial charge in [0.15, 0.2) is 0 Å². The summed E-state index contributed by atoms with van der Waals surface area (Å²) in [4.78, 5) is 2.30. The van der Waals surface area contributed by atoms with Crippen LogP contribution in [0.15, 0.2) is 22.7 Å². The summed E-state index contributed by atoms with van der Waals surface area (Å²) in [5.74, 6) is 0.637. The lowest BCUT2D eigenvalue weighted by Crippen LogP contribution is -2.31. The van der Waals surface area contributed by atoms with Crippen molar-refractivity contribution in [2.75, 3.05) is 31.7 Å². The lowest BCUT2D eigenvalue weighted by Gasteiger charge is -2.29. The second kappa shape index (κ2) is 6.55. The summed E-state index contributed by atoms with van der Waals surface area (Å²) in [5.41, 5.74) is 8.23. The van der Waals surface area contributed by atoms with Gasteiger partial charge in [-0.2, -0.15) is 0 Å². The molecule has 1 atom stereocenters. The summed E-state index contributed by atoms with van der Waals surface area (Å²) in [5, 5.41) is 0. The van der Waals surface area contributed by atoms with E-state index in [9.17, 15) is 0 Å². The normalized spacial score (nSPS) is 19.8. The first-order chi connectivity index (χ1) is 8.70. The van der Waals surface area contributed by atoms with E-state index in [1.54, 1.807) is 0 Å². The molecule has 1 fully saturated rings. The summed E-state index contributed by atoms with van der Waals surface area (Å²) in [6.07, 6.45) is 2.45. The average molecular weight is 313 g/mol. The van der Waals surface area contributed by atoms with Gasteiger partial charge in [-0.3, -0.25) is 0 Å². The van der Waals surface area contributed by atoms with Gasteiger partial charge in [-0.25, -0.2) is 0 Å². The van der Waals surface area contributed by atoms with Gasteiger partial charge >= 0.3 is 0 Å². The molecular weight excluding hydrogens is 292 g/mol. The second-order valence-electron chi connectivity index (χ2n) is 4.94. The third kappa shape index (κ3) is 3.46. The number of rotatable bonds is 4. The molecule has 1 aliphatic heterocycles. The number of hydrogen-bond donors (Lipinski definition) is 1. The molecule has 1 heterocycles. The zero-order valence-corrected chi connectivity index (χ0v) is 12.4. The zero-order valence-electron chi connectivity index (χ0n) is 10.9. The molecule has 0 aliphatic carbocycles. The van der Waals surface area contributed by atoms with Crippen LogP contribution in [0, 0.1) is 5.92 Å². The summed E-state index contributed by atoms with van der Waals surface area (Å²) < 4.78 is 6.62. The summed E-state index contributed by atoms with van der Waals surface area (Å²) in [6.45, 7) is 3.42. The van der Waals surface area contributed by atoms with Crippen molar-refractivity contribution in [3.05, 3.63) is 28.2 Å². The Balaban J connectivity index is 2.05. The first-order valence-electron chi connectivity index (χ1n) is 6.48. The van der Waals surface area contributed by atoms with Gasteiger partial charge in [-0.15, -0.1) is 0 Å². The number of benzene rings is 1. The molecule has 1 aliphatic rings. The molecule has 4 heteroatoms. The molecular formula is C14H21BrN2O. The fourth-order valence-electron chi connectivity index (χ4n) is 2.53. The van der Waals surface area contributed by atoms with Crippen molar-refractivity contribution in [3.63, 3.8) is 0 Å². The van der Waals surface area contributed by atoms with E-state index in [1.807, 2.05) is 0 Å². The van der Waals surface area contributed by atoms with Gasteiger partial charge in [0, 0.05) is 36.9 Å². The lowest BCUT2D eigenvalue weighted by molar-refractivity contribution is 0.0576. The molecule has 0 amide bonds. The van der Waals surface area contributed by atoms with Gasteiger partial charge in [0.05, 0.1) is 6.61 Å². The highest BCUT2D eigenvalue weighted by Gasteiger charge is 2.17. The van der Waals surface area contributed by atoms with Crippen LogP contribution in [0.2, 0.25) is 0 Å². The Labute approximate surface area is 117 Å². The second-order valence-corrected chi connectivity index (χ2v) is 5.86. The van der Waals surface area contributed by atoms with Crippen LogP contribution in [0.4, 0.5) is 5.69 Å². The summed E-state index contributed by atoms with van der Waals surface area (Å²) in [7, 11) is 2.14. The van der Waals surface area contributed by atoms with Crippen molar-refractivity contribution in [1.29, 1.82) is 0 Å². The monoisotopic (exact) mass is 312 g/mol. The standard InChI is InChI=1S/C14H21BrN2O/c1-17(9-11-3-2-6-18-10-11)14-5-4-13(15)7-12(14)8-16/h4-5,7,11H,2-3,6,8-10,16H2,1H3. The Morgan fingerprint density at radius 1 is 1.50 bits per heavy atom. The van der Waals surface area contributed by atoms with Crippen LogP contribution in [0.1, 0.15) is 18.4 Å². The van der Waals surface area contributed by atoms with Gasteiger partial charge in [-0.05, 0) is 42.5 Å². The highest BCUT2D eigenvalue weighted by Crippen LogP contribution is 2.25. The topological polar surface area (TPSA) is 38.5 Å². The molecule has 3 nitrogen and oxygen atoms in total. The molecule has 100 valence electrons. The van der Waals surface area contributed by atoms with E-state index in [-0.39, 0.29) is 0 Å². The zero-order chi connectivity index (χ0) is 13.0. The smallest absolute Gasteiger partial charge is 0.0511 e. The fourth-order valence-corrected chi connectivity index (χ4v) is 2.94. The van der Waals surface area contributed by atoms with Crippen molar-refractivity contribution < 1.29 is 4.74 Å². The first kappa shape index (κ1) is 13.8. The maximum atomic E-state index is 5.82. The molecule has 0 aromatic heterocycles. The van der Waals surface area contributed by atoms with Crippen molar-refractivity contribution in [1.82, 2.24) is 0 Å². The predicted molar refractivity (Wildman–Crippen MR) is 78.8 cm³/mol. The van der Waals surface area contributed by atoms with Crippen LogP contribution >= 0.6 is 15.9 Å². The molecule has 0 saturated carbocycles. The van der Waals surface area contributed by atoms with Crippen molar-refractivity contribution in [2.45, 2.75) is 19.4 Å². The summed E-state index contributed by atoms with van der Waals surface area (Å²) in [6, 6.07) is 6.31. The van der Waals surface area contributed by atoms with E-state index in [0.29, 0.717) is 12.5 Å². The van der Waals surface area contributed by atoms with E-state index in [2.05, 4.69) is 46.1 Å². The third-order valence-electron chi connectivity index (χ3n) is 3.46. The minimum atomic E-state index is 0.570. The van der Waals surface area contributed by atoms with Gasteiger partial charge in [0.25, 0.3) is 0 Å². The van der Waals surface area contributed by atoms with Crippen LogP contribution in [0.3, 0.4) is 0 Å². The molecule has 18 heavy (non-hydrogen) atoms. The maximum absolute atomic E-state index is 5.82. The largest absolute Gasteiger partial charge is 0.381 e. The molecule has 2 rings (SSSR count). The van der Waals surface area contributed by atoms with Crippen LogP contribution < -0.4 is 10.6 Å². The van der Waals surface area contributed by atoms with E-state index in [1.165, 1.54) is 24.1 Å². The third-order valence-corrected chi connectivity index (χ3v) is 3.95. The van der Waals surface area contributed by atoms with Crippen LogP contribution in [0.25, 0.3) is 0 Å². The number of nitrogens with zero attached hydrogens (tertiary/aromatic N) is 1. The molecule has 2 N–H and O–H groups in total. The molecule has 1 aromatic rings. The SMILES string of the molecule is CN(CC1CCCOC1)c1ccc(Br)cc1CN. The van der Waals surface area contributed by atoms with E-state index in [0.717, 1.165) is 24.2 Å². The van der Waals surface area contributed by atoms with Crippen LogP contribution in [-0.2, 0) is 11.3 Å². The molecule has 1 saturated heterocycles. The number of halogens is 1. The molecule has 0 bridgehead atoms. The Bertz CT molecular complexity index is 391. The molecule has 1 unspecified atom stereocenters. The highest BCUT2D eigenvalue weighted by molar-refractivity contribution is 9.10. The fraction of sp³-hybridized carbons (Fsp3) is 0.571. The predicted octanol–water partition coefficient (Wildman–Crippen LogP) is 2.77. The Morgan fingerprint density at radius 2 is 2.33 bits per heavy atom. The van der Waals surface area contributed by atoms with Gasteiger partial charge in [-0.1, -0.05) is 15.9 Å². The number of hydrogen-bond acceptors (Lipinski definition) is 3. The van der Waals surface area contributed by atoms with E-state index in [4.69, 9.17) is 10.5 Å². The number of ether oxygens (including phenoxy) is 1. The van der Waals surface area contributed by atoms with E-state index < -0.39 is 0 Å². The number of nitrogens with two attached hydrogens (primary N) is 1. The molecule has 0 spiro atoms. The van der Waals surface area contributed by atoms with Crippen LogP contribution in [-0.4, -0.2) is 26.8 Å². The number of anilines is 1. The minimum absolute atomic E-state index is 0.570. The van der Waals surface area contributed by atoms with Gasteiger partial charge in [0.1, 0.15) is 0 Å². The average Bonchev–Trinajstić information content (AvgIpc) is 2.39. The quantitative estimate of drug-likeness (QED) is 0.929. The first-order valence-corrected chi connectivity index (χ1v) is 7.27. The van der Waals surface area contributed by atoms with Crippen molar-refractivity contribution >= 4 is 21.6 Å². The Kier molecular flexibility index (Phi) is 5.03. The van der Waals surface area contributed by atoms with Crippen LogP contribution in [0.5, 0.6) is 0 Å².